The number of hydrogen-bond acceptors (Lipinski definition) is 2. The van der Waals surface area contributed by atoms with Crippen LogP contribution in [0.1, 0.15) is 37.7 Å². The lowest BCUT2D eigenvalue weighted by Crippen LogP contribution is -2.41. The van der Waals surface area contributed by atoms with E-state index < -0.39 is 0 Å². The van der Waals surface area contributed by atoms with E-state index in [1.54, 1.807) is 0 Å². The molecule has 2 aliphatic heterocycles. The third-order valence-electron chi connectivity index (χ3n) is 6.53. The lowest BCUT2D eigenvalue weighted by Gasteiger charge is -2.33. The quantitative estimate of drug-likeness (QED) is 0.780. The van der Waals surface area contributed by atoms with Crippen molar-refractivity contribution < 1.29 is 4.79 Å². The van der Waals surface area contributed by atoms with Crippen LogP contribution in [0, 0.1) is 17.3 Å². The van der Waals surface area contributed by atoms with Gasteiger partial charge in [-0.05, 0) is 86.7 Å². The summed E-state index contributed by atoms with van der Waals surface area (Å²) in [6, 6.07) is 5.69. The van der Waals surface area contributed by atoms with E-state index in [1.165, 1.54) is 12.8 Å². The van der Waals surface area contributed by atoms with Crippen molar-refractivity contribution in [2.75, 3.05) is 26.2 Å². The summed E-state index contributed by atoms with van der Waals surface area (Å²) in [5.41, 5.74) is 1.47. The smallest absolute Gasteiger partial charge is 0.226 e. The summed E-state index contributed by atoms with van der Waals surface area (Å²) in [5.74, 6) is 1.31. The molecule has 1 aromatic rings. The van der Waals surface area contributed by atoms with Gasteiger partial charge in [0, 0.05) is 29.1 Å². The molecule has 3 nitrogen and oxygen atoms in total. The lowest BCUT2D eigenvalue weighted by atomic mass is 9.89. The normalized spacial score (nSPS) is 25.0. The molecule has 0 aromatic heterocycles. The minimum absolute atomic E-state index is 0. The molecule has 2 saturated heterocycles. The Labute approximate surface area is 172 Å². The van der Waals surface area contributed by atoms with E-state index >= 15 is 0 Å². The average Bonchev–Trinajstić information content (AvgIpc) is 3.31. The zero-order chi connectivity index (χ0) is 17.4. The number of nitrogens with one attached hydrogen (secondary N) is 1. The van der Waals surface area contributed by atoms with E-state index in [4.69, 9.17) is 23.2 Å². The number of likely N-dealkylation sites (tertiary alicyclic amines) is 1. The van der Waals surface area contributed by atoms with Crippen molar-refractivity contribution in [3.63, 3.8) is 0 Å². The largest absolute Gasteiger partial charge is 0.342 e. The van der Waals surface area contributed by atoms with E-state index in [1.807, 2.05) is 18.2 Å². The van der Waals surface area contributed by atoms with Gasteiger partial charge in [-0.25, -0.2) is 0 Å². The molecular weight excluding hydrogens is 391 g/mol. The number of nitrogens with zero attached hydrogens (tertiary/aromatic N) is 1. The Morgan fingerprint density at radius 3 is 2.58 bits per heavy atom. The molecule has 26 heavy (non-hydrogen) atoms. The summed E-state index contributed by atoms with van der Waals surface area (Å²) >= 11 is 12.4. The highest BCUT2D eigenvalue weighted by atomic mass is 35.5. The molecule has 1 N–H and O–H groups in total. The van der Waals surface area contributed by atoms with Crippen LogP contribution in [-0.4, -0.2) is 37.0 Å². The number of rotatable bonds is 3. The first-order valence-corrected chi connectivity index (χ1v) is 10.3. The highest BCUT2D eigenvalue weighted by Crippen LogP contribution is 2.59. The summed E-state index contributed by atoms with van der Waals surface area (Å²) in [6.45, 7) is 3.94. The molecule has 0 bridgehead atoms. The maximum absolute atomic E-state index is 12.9. The SMILES string of the molecule is Cl.O=C(C1CC12CCNCC2)N1CCC(Cc2cc(Cl)ccc2Cl)CC1. The number of hydrogen-bond donors (Lipinski definition) is 1. The zero-order valence-corrected chi connectivity index (χ0v) is 17.3. The fourth-order valence-electron chi connectivity index (χ4n) is 4.76. The van der Waals surface area contributed by atoms with Gasteiger partial charge in [0.2, 0.25) is 5.91 Å². The molecule has 1 unspecified atom stereocenters. The molecule has 2 heterocycles. The fourth-order valence-corrected chi connectivity index (χ4v) is 5.15. The van der Waals surface area contributed by atoms with Gasteiger partial charge in [0.1, 0.15) is 0 Å². The maximum Gasteiger partial charge on any atom is 0.226 e. The minimum atomic E-state index is 0. The second-order valence-electron chi connectivity index (χ2n) is 8.08. The Hall–Kier alpha value is -0.480. The van der Waals surface area contributed by atoms with E-state index in [0.29, 0.717) is 23.2 Å². The predicted octanol–water partition coefficient (Wildman–Crippen LogP) is 4.59. The number of carbonyl (C=O) groups is 1. The molecule has 1 aliphatic carbocycles. The molecule has 1 amide bonds. The maximum atomic E-state index is 12.9. The van der Waals surface area contributed by atoms with Crippen LogP contribution in [0.15, 0.2) is 18.2 Å². The summed E-state index contributed by atoms with van der Waals surface area (Å²) in [6.07, 6.45) is 6.55. The summed E-state index contributed by atoms with van der Waals surface area (Å²) in [7, 11) is 0. The number of benzene rings is 1. The zero-order valence-electron chi connectivity index (χ0n) is 15.0. The molecule has 1 spiro atoms. The van der Waals surface area contributed by atoms with Gasteiger partial charge in [0.15, 0.2) is 0 Å². The van der Waals surface area contributed by atoms with Gasteiger partial charge in [-0.2, -0.15) is 0 Å². The van der Waals surface area contributed by atoms with E-state index in [-0.39, 0.29) is 12.4 Å². The number of carbonyl (C=O) groups excluding carboxylic acids is 1. The minimum Gasteiger partial charge on any atom is -0.342 e. The van der Waals surface area contributed by atoms with E-state index in [2.05, 4.69) is 10.2 Å². The van der Waals surface area contributed by atoms with Gasteiger partial charge < -0.3 is 10.2 Å². The van der Waals surface area contributed by atoms with Crippen LogP contribution in [0.5, 0.6) is 0 Å². The van der Waals surface area contributed by atoms with Crippen LogP contribution in [0.4, 0.5) is 0 Å². The van der Waals surface area contributed by atoms with Gasteiger partial charge in [-0.15, -0.1) is 12.4 Å². The molecule has 4 rings (SSSR count). The highest BCUT2D eigenvalue weighted by molar-refractivity contribution is 6.33. The third-order valence-corrected chi connectivity index (χ3v) is 7.13. The number of amides is 1. The molecule has 6 heteroatoms. The van der Waals surface area contributed by atoms with Crippen molar-refractivity contribution >= 4 is 41.5 Å². The fraction of sp³-hybridized carbons (Fsp3) is 0.650. The van der Waals surface area contributed by atoms with Crippen LogP contribution in [0.25, 0.3) is 0 Å². The van der Waals surface area contributed by atoms with E-state index in [9.17, 15) is 4.79 Å². The molecule has 3 fully saturated rings. The summed E-state index contributed by atoms with van der Waals surface area (Å²) < 4.78 is 0. The third kappa shape index (κ3) is 4.16. The highest BCUT2D eigenvalue weighted by Gasteiger charge is 2.58. The van der Waals surface area contributed by atoms with Crippen molar-refractivity contribution in [1.82, 2.24) is 10.2 Å². The van der Waals surface area contributed by atoms with Gasteiger partial charge in [-0.3, -0.25) is 4.79 Å². The van der Waals surface area contributed by atoms with Crippen LogP contribution in [0.3, 0.4) is 0 Å². The summed E-state index contributed by atoms with van der Waals surface area (Å²) in [5, 5.41) is 4.96. The second-order valence-corrected chi connectivity index (χ2v) is 8.92. The van der Waals surface area contributed by atoms with Gasteiger partial charge in [-0.1, -0.05) is 23.2 Å². The Bertz CT molecular complexity index is 652. The average molecular weight is 418 g/mol. The lowest BCUT2D eigenvalue weighted by molar-refractivity contribution is -0.135. The monoisotopic (exact) mass is 416 g/mol. The van der Waals surface area contributed by atoms with Crippen LogP contribution in [0.2, 0.25) is 10.0 Å². The topological polar surface area (TPSA) is 32.3 Å². The number of halogens is 3. The van der Waals surface area contributed by atoms with E-state index in [0.717, 1.165) is 67.5 Å². The van der Waals surface area contributed by atoms with Crippen molar-refractivity contribution in [2.45, 2.75) is 38.5 Å². The van der Waals surface area contributed by atoms with Crippen LogP contribution in [-0.2, 0) is 11.2 Å². The standard InChI is InChI=1S/C20H26Cl2N2O.ClH/c21-16-1-2-18(22)15(12-16)11-14-3-9-24(10-4-14)19(25)17-13-20(17)5-7-23-8-6-20;/h1-2,12,14,17,23H,3-11,13H2;1H. The van der Waals surface area contributed by atoms with Crippen LogP contribution >= 0.6 is 35.6 Å². The van der Waals surface area contributed by atoms with Crippen molar-refractivity contribution in [1.29, 1.82) is 0 Å². The van der Waals surface area contributed by atoms with Crippen molar-refractivity contribution in [3.05, 3.63) is 33.8 Å². The Morgan fingerprint density at radius 2 is 1.88 bits per heavy atom. The molecule has 3 aliphatic rings. The molecule has 0 radical (unpaired) electrons. The molecule has 144 valence electrons. The van der Waals surface area contributed by atoms with Crippen molar-refractivity contribution in [2.24, 2.45) is 17.3 Å². The number of piperidine rings is 2. The van der Waals surface area contributed by atoms with Gasteiger partial charge in [0.05, 0.1) is 0 Å². The molecule has 1 aromatic carbocycles. The Balaban J connectivity index is 0.00000196. The first-order valence-electron chi connectivity index (χ1n) is 9.51. The first kappa shape index (κ1) is 20.3. The second kappa shape index (κ2) is 8.26. The van der Waals surface area contributed by atoms with Gasteiger partial charge >= 0.3 is 0 Å². The Kier molecular flexibility index (Phi) is 6.44. The van der Waals surface area contributed by atoms with Crippen LogP contribution < -0.4 is 5.32 Å². The van der Waals surface area contributed by atoms with Crippen molar-refractivity contribution in [3.8, 4) is 0 Å². The molecule has 1 atom stereocenters. The predicted molar refractivity (Wildman–Crippen MR) is 109 cm³/mol. The first-order chi connectivity index (χ1) is 12.1. The van der Waals surface area contributed by atoms with Gasteiger partial charge in [0.25, 0.3) is 0 Å². The molecule has 1 saturated carbocycles. The Morgan fingerprint density at radius 1 is 1.19 bits per heavy atom. The summed E-state index contributed by atoms with van der Waals surface area (Å²) in [4.78, 5) is 15.0. The molecular formula is C20H27Cl3N2O.